The molecule has 2 atom stereocenters. The highest BCUT2D eigenvalue weighted by atomic mass is 32.1. The second-order valence-electron chi connectivity index (χ2n) is 7.81. The molecule has 1 aromatic carbocycles. The van der Waals surface area contributed by atoms with Crippen LogP contribution in [0.25, 0.3) is 0 Å². The highest BCUT2D eigenvalue weighted by Gasteiger charge is 2.42. The fraction of sp³-hybridized carbons (Fsp3) is 0.192. The van der Waals surface area contributed by atoms with Gasteiger partial charge in [-0.1, -0.05) is 12.1 Å². The smallest absolute Gasteiger partial charge is 0.174 e. The van der Waals surface area contributed by atoms with E-state index in [4.69, 9.17) is 17.0 Å². The first-order chi connectivity index (χ1) is 16.2. The van der Waals surface area contributed by atoms with E-state index in [9.17, 15) is 0 Å². The van der Waals surface area contributed by atoms with E-state index in [2.05, 4.69) is 55.2 Å². The number of thiocarbonyl (C=S) groups is 1. The lowest BCUT2D eigenvalue weighted by Crippen LogP contribution is -2.30. The van der Waals surface area contributed by atoms with Crippen LogP contribution in [0, 0.1) is 0 Å². The van der Waals surface area contributed by atoms with Crippen molar-refractivity contribution >= 4 is 23.0 Å². The summed E-state index contributed by atoms with van der Waals surface area (Å²) in [4.78, 5) is 11.3. The SMILES string of the molecule is CCOc1ccc(N2C(=S)N[C@@H](c3ccccn3)[C@@H]2c2cccn2Cc2ccccn2)cc1. The largest absolute Gasteiger partial charge is 0.494 e. The molecule has 4 heterocycles. The highest BCUT2D eigenvalue weighted by Crippen LogP contribution is 2.42. The van der Waals surface area contributed by atoms with E-state index < -0.39 is 0 Å². The Labute approximate surface area is 198 Å². The maximum absolute atomic E-state index is 5.84. The number of aromatic nitrogens is 3. The zero-order chi connectivity index (χ0) is 22.6. The van der Waals surface area contributed by atoms with Gasteiger partial charge < -0.3 is 19.5 Å². The van der Waals surface area contributed by atoms with Crippen molar-refractivity contribution in [3.05, 3.63) is 108 Å². The summed E-state index contributed by atoms with van der Waals surface area (Å²) in [6.45, 7) is 3.30. The van der Waals surface area contributed by atoms with Gasteiger partial charge in [-0.25, -0.2) is 0 Å². The number of hydrogen-bond donors (Lipinski definition) is 1. The summed E-state index contributed by atoms with van der Waals surface area (Å²) in [6.07, 6.45) is 5.74. The number of ether oxygens (including phenoxy) is 1. The molecule has 0 unspecified atom stereocenters. The van der Waals surface area contributed by atoms with E-state index in [0.717, 1.165) is 28.5 Å². The minimum absolute atomic E-state index is 0.0796. The van der Waals surface area contributed by atoms with Gasteiger partial charge in [0.05, 0.1) is 30.6 Å². The van der Waals surface area contributed by atoms with E-state index in [0.29, 0.717) is 18.3 Å². The summed E-state index contributed by atoms with van der Waals surface area (Å²) < 4.78 is 7.87. The van der Waals surface area contributed by atoms with Crippen LogP contribution in [0.15, 0.2) is 91.4 Å². The number of benzene rings is 1. The molecule has 4 aromatic rings. The molecule has 1 aliphatic rings. The molecule has 1 saturated heterocycles. The zero-order valence-electron chi connectivity index (χ0n) is 18.3. The van der Waals surface area contributed by atoms with Gasteiger partial charge in [-0.3, -0.25) is 9.97 Å². The molecular formula is C26H25N5OS. The standard InChI is InChI=1S/C26H25N5OS/c1-2-32-21-13-11-20(12-14-21)31-25(24(29-26(31)33)22-9-4-6-16-28-22)23-10-7-17-30(23)18-19-8-3-5-15-27-19/h3-17,24-25H,2,18H2,1H3,(H,29,33)/t24-,25-/m0/s1. The van der Waals surface area contributed by atoms with Crippen molar-refractivity contribution in [1.82, 2.24) is 19.9 Å². The van der Waals surface area contributed by atoms with Crippen molar-refractivity contribution in [2.24, 2.45) is 0 Å². The number of pyridine rings is 2. The van der Waals surface area contributed by atoms with E-state index in [1.54, 1.807) is 0 Å². The van der Waals surface area contributed by atoms with Crippen LogP contribution in [0.3, 0.4) is 0 Å². The first kappa shape index (κ1) is 21.2. The molecule has 0 aliphatic carbocycles. The van der Waals surface area contributed by atoms with E-state index in [1.165, 1.54) is 0 Å². The Morgan fingerprint density at radius 1 is 0.939 bits per heavy atom. The maximum Gasteiger partial charge on any atom is 0.174 e. The van der Waals surface area contributed by atoms with Gasteiger partial charge in [0.1, 0.15) is 11.8 Å². The third-order valence-corrected chi connectivity index (χ3v) is 6.06. The molecule has 0 spiro atoms. The van der Waals surface area contributed by atoms with E-state index >= 15 is 0 Å². The lowest BCUT2D eigenvalue weighted by atomic mass is 10.0. The van der Waals surface area contributed by atoms with Gasteiger partial charge in [-0.2, -0.15) is 0 Å². The van der Waals surface area contributed by atoms with Crippen LogP contribution in [0.5, 0.6) is 5.75 Å². The quantitative estimate of drug-likeness (QED) is 0.400. The van der Waals surface area contributed by atoms with Gasteiger partial charge in [0, 0.05) is 30.0 Å². The summed E-state index contributed by atoms with van der Waals surface area (Å²) in [5.41, 5.74) is 4.09. The van der Waals surface area contributed by atoms with Crippen molar-refractivity contribution in [1.29, 1.82) is 0 Å². The predicted molar refractivity (Wildman–Crippen MR) is 133 cm³/mol. The van der Waals surface area contributed by atoms with Crippen LogP contribution in [0.2, 0.25) is 0 Å². The first-order valence-electron chi connectivity index (χ1n) is 11.0. The maximum atomic E-state index is 5.84. The van der Waals surface area contributed by atoms with Crippen molar-refractivity contribution in [3.8, 4) is 5.75 Å². The predicted octanol–water partition coefficient (Wildman–Crippen LogP) is 4.90. The Kier molecular flexibility index (Phi) is 6.04. The number of nitrogens with zero attached hydrogens (tertiary/aromatic N) is 4. The lowest BCUT2D eigenvalue weighted by Gasteiger charge is -2.29. The number of hydrogen-bond acceptors (Lipinski definition) is 4. The summed E-state index contributed by atoms with van der Waals surface area (Å²) in [5, 5.41) is 4.19. The van der Waals surface area contributed by atoms with Crippen molar-refractivity contribution in [3.63, 3.8) is 0 Å². The number of anilines is 1. The highest BCUT2D eigenvalue weighted by molar-refractivity contribution is 7.80. The molecule has 33 heavy (non-hydrogen) atoms. The first-order valence-corrected chi connectivity index (χ1v) is 11.4. The Balaban J connectivity index is 1.56. The van der Waals surface area contributed by atoms with Crippen LogP contribution < -0.4 is 15.0 Å². The van der Waals surface area contributed by atoms with E-state index in [1.807, 2.05) is 67.8 Å². The number of rotatable bonds is 7. The van der Waals surface area contributed by atoms with Gasteiger partial charge in [0.25, 0.3) is 0 Å². The van der Waals surface area contributed by atoms with Gasteiger partial charge in [0.2, 0.25) is 0 Å². The molecule has 1 N–H and O–H groups in total. The van der Waals surface area contributed by atoms with E-state index in [-0.39, 0.29) is 12.1 Å². The van der Waals surface area contributed by atoms with Crippen molar-refractivity contribution in [2.75, 3.05) is 11.5 Å². The van der Waals surface area contributed by atoms with Crippen molar-refractivity contribution in [2.45, 2.75) is 25.6 Å². The van der Waals surface area contributed by atoms with Crippen LogP contribution in [0.1, 0.15) is 36.1 Å². The summed E-state index contributed by atoms with van der Waals surface area (Å²) in [6, 6.07) is 24.1. The fourth-order valence-corrected chi connectivity index (χ4v) is 4.65. The Hall–Kier alpha value is -3.71. The second kappa shape index (κ2) is 9.42. The van der Waals surface area contributed by atoms with Crippen molar-refractivity contribution < 1.29 is 4.74 Å². The lowest BCUT2D eigenvalue weighted by molar-refractivity contribution is 0.340. The van der Waals surface area contributed by atoms with Gasteiger partial charge in [-0.15, -0.1) is 0 Å². The minimum Gasteiger partial charge on any atom is -0.494 e. The monoisotopic (exact) mass is 455 g/mol. The Morgan fingerprint density at radius 2 is 1.73 bits per heavy atom. The molecule has 0 saturated carbocycles. The molecule has 1 fully saturated rings. The molecule has 3 aromatic heterocycles. The van der Waals surface area contributed by atoms with Gasteiger partial charge >= 0.3 is 0 Å². The molecular weight excluding hydrogens is 430 g/mol. The molecule has 0 radical (unpaired) electrons. The van der Waals surface area contributed by atoms with Crippen LogP contribution in [-0.4, -0.2) is 26.3 Å². The summed E-state index contributed by atoms with van der Waals surface area (Å²) in [7, 11) is 0. The van der Waals surface area contributed by atoms with Crippen LogP contribution in [-0.2, 0) is 6.54 Å². The molecule has 6 nitrogen and oxygen atoms in total. The fourth-order valence-electron chi connectivity index (χ4n) is 4.31. The van der Waals surface area contributed by atoms with Crippen LogP contribution >= 0.6 is 12.2 Å². The molecule has 0 amide bonds. The minimum atomic E-state index is -0.0948. The average molecular weight is 456 g/mol. The Morgan fingerprint density at radius 3 is 2.42 bits per heavy atom. The normalized spacial score (nSPS) is 17.7. The van der Waals surface area contributed by atoms with Gasteiger partial charge in [-0.05, 0) is 79.8 Å². The third kappa shape index (κ3) is 4.32. The number of nitrogens with one attached hydrogen (secondary N) is 1. The second-order valence-corrected chi connectivity index (χ2v) is 8.19. The average Bonchev–Trinajstić information content (AvgIpc) is 3.44. The molecule has 1 aliphatic heterocycles. The zero-order valence-corrected chi connectivity index (χ0v) is 19.2. The molecule has 0 bridgehead atoms. The summed E-state index contributed by atoms with van der Waals surface area (Å²) in [5.74, 6) is 0.843. The third-order valence-electron chi connectivity index (χ3n) is 5.75. The molecule has 166 valence electrons. The topological polar surface area (TPSA) is 55.2 Å². The van der Waals surface area contributed by atoms with Crippen LogP contribution in [0.4, 0.5) is 5.69 Å². The van der Waals surface area contributed by atoms with Gasteiger partial charge in [0.15, 0.2) is 5.11 Å². The molecule has 7 heteroatoms. The summed E-state index contributed by atoms with van der Waals surface area (Å²) >= 11 is 5.84. The molecule has 5 rings (SSSR count). The Bertz CT molecular complexity index is 1210.